The summed E-state index contributed by atoms with van der Waals surface area (Å²) in [7, 11) is 3.86. The molecule has 2 aromatic carbocycles. The fourth-order valence-corrected chi connectivity index (χ4v) is 3.35. The van der Waals surface area contributed by atoms with Crippen LogP contribution < -0.4 is 10.2 Å². The maximum atomic E-state index is 12.8. The number of carbonyl (C=O) groups is 3. The molecule has 25 heavy (non-hydrogen) atoms. The smallest absolute Gasteiger partial charge is 0.261 e. The molecular weight excluding hydrogens is 433 g/mol. The summed E-state index contributed by atoms with van der Waals surface area (Å²) in [5.41, 5.74) is 2.01. The van der Waals surface area contributed by atoms with Crippen molar-refractivity contribution in [3.05, 3.63) is 41.5 Å². The van der Waals surface area contributed by atoms with Gasteiger partial charge in [-0.25, -0.2) is 0 Å². The van der Waals surface area contributed by atoms with Gasteiger partial charge in [-0.05, 0) is 18.2 Å². The van der Waals surface area contributed by atoms with Crippen molar-refractivity contribution in [2.45, 2.75) is 0 Å². The lowest BCUT2D eigenvalue weighted by molar-refractivity contribution is -0.118. The Labute approximate surface area is 159 Å². The van der Waals surface area contributed by atoms with E-state index in [9.17, 15) is 14.4 Å². The molecule has 2 aromatic rings. The average molecular weight is 451 g/mol. The summed E-state index contributed by atoms with van der Waals surface area (Å²) in [6.07, 6.45) is 0. The van der Waals surface area contributed by atoms with Crippen LogP contribution in [0.2, 0.25) is 0 Å². The molecule has 3 amide bonds. The fourth-order valence-electron chi connectivity index (χ4n) is 3.08. The minimum absolute atomic E-state index is 0.115. The SMILES string of the molecule is CN(C)c1ccc2c3c(cccc13)C(=O)N(CCNC(=O)CI)C2=O. The van der Waals surface area contributed by atoms with Gasteiger partial charge >= 0.3 is 0 Å². The monoisotopic (exact) mass is 451 g/mol. The third-order valence-electron chi connectivity index (χ3n) is 4.23. The first-order valence-electron chi connectivity index (χ1n) is 7.87. The van der Waals surface area contributed by atoms with Crippen molar-refractivity contribution in [1.29, 1.82) is 0 Å². The van der Waals surface area contributed by atoms with Crippen molar-refractivity contribution in [3.63, 3.8) is 0 Å². The van der Waals surface area contributed by atoms with Crippen LogP contribution >= 0.6 is 22.6 Å². The second-order valence-corrected chi connectivity index (χ2v) is 6.76. The Kier molecular flexibility index (Phi) is 4.94. The molecule has 1 aliphatic heterocycles. The highest BCUT2D eigenvalue weighted by Crippen LogP contribution is 2.35. The fraction of sp³-hybridized carbons (Fsp3) is 0.278. The number of imide groups is 1. The highest BCUT2D eigenvalue weighted by Gasteiger charge is 2.33. The minimum atomic E-state index is -0.317. The third-order valence-corrected chi connectivity index (χ3v) is 4.92. The molecule has 0 radical (unpaired) electrons. The molecular formula is C18H18IN3O3. The van der Waals surface area contributed by atoms with Gasteiger partial charge in [0.1, 0.15) is 0 Å². The van der Waals surface area contributed by atoms with Gasteiger partial charge in [0.05, 0.1) is 4.43 Å². The van der Waals surface area contributed by atoms with Crippen LogP contribution in [0.25, 0.3) is 10.8 Å². The lowest BCUT2D eigenvalue weighted by atomic mass is 9.93. The number of halogens is 1. The van der Waals surface area contributed by atoms with Crippen LogP contribution in [0, 0.1) is 0 Å². The summed E-state index contributed by atoms with van der Waals surface area (Å²) in [6, 6.07) is 9.17. The van der Waals surface area contributed by atoms with Crippen LogP contribution in [0.1, 0.15) is 20.7 Å². The molecule has 1 heterocycles. The predicted molar refractivity (Wildman–Crippen MR) is 106 cm³/mol. The molecule has 0 fully saturated rings. The maximum absolute atomic E-state index is 12.8. The molecule has 0 saturated heterocycles. The van der Waals surface area contributed by atoms with Crippen LogP contribution in [0.5, 0.6) is 0 Å². The first-order chi connectivity index (χ1) is 12.0. The highest BCUT2D eigenvalue weighted by atomic mass is 127. The van der Waals surface area contributed by atoms with Crippen LogP contribution in [-0.4, -0.2) is 54.2 Å². The zero-order valence-corrected chi connectivity index (χ0v) is 16.2. The minimum Gasteiger partial charge on any atom is -0.377 e. The highest BCUT2D eigenvalue weighted by molar-refractivity contribution is 14.1. The van der Waals surface area contributed by atoms with Gasteiger partial charge < -0.3 is 10.2 Å². The number of anilines is 1. The van der Waals surface area contributed by atoms with E-state index in [-0.39, 0.29) is 30.8 Å². The molecule has 0 saturated carbocycles. The Morgan fingerprint density at radius 2 is 1.80 bits per heavy atom. The number of carbonyl (C=O) groups excluding carboxylic acids is 3. The summed E-state index contributed by atoms with van der Waals surface area (Å²) in [5, 5.41) is 4.29. The zero-order chi connectivity index (χ0) is 18.1. The number of nitrogens with one attached hydrogen (secondary N) is 1. The van der Waals surface area contributed by atoms with Gasteiger partial charge in [-0.15, -0.1) is 0 Å². The topological polar surface area (TPSA) is 69.7 Å². The Morgan fingerprint density at radius 3 is 2.44 bits per heavy atom. The molecule has 1 aliphatic rings. The number of hydrogen-bond donors (Lipinski definition) is 1. The lowest BCUT2D eigenvalue weighted by Gasteiger charge is -2.28. The largest absolute Gasteiger partial charge is 0.377 e. The van der Waals surface area contributed by atoms with Crippen molar-refractivity contribution in [3.8, 4) is 0 Å². The zero-order valence-electron chi connectivity index (χ0n) is 14.0. The molecule has 0 unspecified atom stereocenters. The van der Waals surface area contributed by atoms with E-state index in [2.05, 4.69) is 5.32 Å². The van der Waals surface area contributed by atoms with Crippen LogP contribution in [0.4, 0.5) is 5.69 Å². The van der Waals surface area contributed by atoms with Gasteiger partial charge in [0.2, 0.25) is 5.91 Å². The van der Waals surface area contributed by atoms with E-state index < -0.39 is 0 Å². The molecule has 3 rings (SSSR count). The summed E-state index contributed by atoms with van der Waals surface area (Å²) < 4.78 is 0.342. The van der Waals surface area contributed by atoms with Gasteiger partial charge in [0, 0.05) is 54.8 Å². The molecule has 7 heteroatoms. The molecule has 130 valence electrons. The van der Waals surface area contributed by atoms with Crippen LogP contribution in [0.15, 0.2) is 30.3 Å². The molecule has 6 nitrogen and oxygen atoms in total. The number of hydrogen-bond acceptors (Lipinski definition) is 4. The van der Waals surface area contributed by atoms with Crippen molar-refractivity contribution in [1.82, 2.24) is 10.2 Å². The standard InChI is InChI=1S/C18H18IN3O3/c1-21(2)14-7-6-13-16-11(14)4-3-5-12(16)17(24)22(18(13)25)9-8-20-15(23)10-19/h3-7H,8-10H2,1-2H3,(H,20,23). The van der Waals surface area contributed by atoms with E-state index in [1.165, 1.54) is 4.90 Å². The van der Waals surface area contributed by atoms with Crippen molar-refractivity contribution < 1.29 is 14.4 Å². The number of amides is 3. The molecule has 0 atom stereocenters. The summed E-state index contributed by atoms with van der Waals surface area (Å²) in [6.45, 7) is 0.408. The third kappa shape index (κ3) is 3.08. The van der Waals surface area contributed by atoms with Gasteiger partial charge in [-0.3, -0.25) is 19.3 Å². The number of alkyl halides is 1. The number of nitrogens with zero attached hydrogens (tertiary/aromatic N) is 2. The normalized spacial score (nSPS) is 13.3. The van der Waals surface area contributed by atoms with E-state index in [4.69, 9.17) is 0 Å². The van der Waals surface area contributed by atoms with Gasteiger partial charge in [-0.2, -0.15) is 0 Å². The van der Waals surface area contributed by atoms with Gasteiger partial charge in [0.15, 0.2) is 0 Å². The molecule has 0 spiro atoms. The molecule has 0 aliphatic carbocycles. The molecule has 0 bridgehead atoms. The van der Waals surface area contributed by atoms with E-state index >= 15 is 0 Å². The predicted octanol–water partition coefficient (Wildman–Crippen LogP) is 2.05. The maximum Gasteiger partial charge on any atom is 0.261 e. The molecule has 0 aromatic heterocycles. The summed E-state index contributed by atoms with van der Waals surface area (Å²) in [5.74, 6) is -0.749. The average Bonchev–Trinajstić information content (AvgIpc) is 2.61. The second kappa shape index (κ2) is 6.99. The van der Waals surface area contributed by atoms with E-state index in [0.717, 1.165) is 11.1 Å². The van der Waals surface area contributed by atoms with E-state index in [1.807, 2.05) is 59.8 Å². The molecule has 1 N–H and O–H groups in total. The van der Waals surface area contributed by atoms with E-state index in [0.29, 0.717) is 20.9 Å². The van der Waals surface area contributed by atoms with Crippen molar-refractivity contribution in [2.24, 2.45) is 0 Å². The first-order valence-corrected chi connectivity index (χ1v) is 9.40. The van der Waals surface area contributed by atoms with Crippen molar-refractivity contribution >= 4 is 56.8 Å². The van der Waals surface area contributed by atoms with Crippen LogP contribution in [-0.2, 0) is 4.79 Å². The lowest BCUT2D eigenvalue weighted by Crippen LogP contribution is -2.44. The number of benzene rings is 2. The van der Waals surface area contributed by atoms with E-state index in [1.54, 1.807) is 12.1 Å². The number of rotatable bonds is 5. The summed E-state index contributed by atoms with van der Waals surface area (Å²) >= 11 is 1.96. The van der Waals surface area contributed by atoms with Crippen molar-refractivity contribution in [2.75, 3.05) is 36.5 Å². The Balaban J connectivity index is 2.00. The Morgan fingerprint density at radius 1 is 1.12 bits per heavy atom. The second-order valence-electron chi connectivity index (χ2n) is 6.00. The Bertz CT molecular complexity index is 857. The summed E-state index contributed by atoms with van der Waals surface area (Å²) in [4.78, 5) is 40.2. The van der Waals surface area contributed by atoms with Gasteiger partial charge in [0.25, 0.3) is 11.8 Å². The van der Waals surface area contributed by atoms with Gasteiger partial charge in [-0.1, -0.05) is 34.7 Å². The first kappa shape index (κ1) is 17.7. The Hall–Kier alpha value is -2.16. The quantitative estimate of drug-likeness (QED) is 0.430. The van der Waals surface area contributed by atoms with Crippen LogP contribution in [0.3, 0.4) is 0 Å².